The van der Waals surface area contributed by atoms with E-state index in [4.69, 9.17) is 0 Å². The quantitative estimate of drug-likeness (QED) is 0.712. The minimum Gasteiger partial charge on any atom is -0.363 e. The van der Waals surface area contributed by atoms with Gasteiger partial charge in [-0.2, -0.15) is 5.10 Å². The van der Waals surface area contributed by atoms with Crippen molar-refractivity contribution in [3.63, 3.8) is 0 Å². The van der Waals surface area contributed by atoms with Gasteiger partial charge in [0.2, 0.25) is 0 Å². The topological polar surface area (TPSA) is 101 Å². The fourth-order valence-electron chi connectivity index (χ4n) is 2.27. The molecule has 0 aliphatic carbocycles. The number of sulfone groups is 1. The normalized spacial score (nSPS) is 10.8. The van der Waals surface area contributed by atoms with Gasteiger partial charge in [-0.25, -0.2) is 18.4 Å². The molecule has 0 aliphatic rings. The number of aromatic amines is 1. The Kier molecular flexibility index (Phi) is 6.46. The second-order valence-electron chi connectivity index (χ2n) is 5.50. The van der Waals surface area contributed by atoms with Gasteiger partial charge >= 0.3 is 0 Å². The van der Waals surface area contributed by atoms with E-state index in [1.165, 1.54) is 12.6 Å². The molecule has 0 unspecified atom stereocenters. The summed E-state index contributed by atoms with van der Waals surface area (Å²) in [5, 5.41) is 9.77. The van der Waals surface area contributed by atoms with Gasteiger partial charge in [0.1, 0.15) is 18.0 Å². The number of aromatic nitrogens is 4. The first-order chi connectivity index (χ1) is 12.4. The smallest absolute Gasteiger partial charge is 0.175 e. The van der Waals surface area contributed by atoms with Crippen molar-refractivity contribution in [2.24, 2.45) is 0 Å². The van der Waals surface area contributed by atoms with Crippen LogP contribution in [0.15, 0.2) is 47.6 Å². The minimum atomic E-state index is -3.20. The van der Waals surface area contributed by atoms with Crippen LogP contribution >= 0.6 is 0 Å². The molecular formula is C18H23N5O2S. The van der Waals surface area contributed by atoms with Crippen LogP contribution in [0.1, 0.15) is 25.2 Å². The lowest BCUT2D eigenvalue weighted by atomic mass is 10.1. The second-order valence-corrected chi connectivity index (χ2v) is 7.51. The van der Waals surface area contributed by atoms with E-state index in [1.54, 1.807) is 24.3 Å². The maximum atomic E-state index is 11.5. The number of hydrogen-bond acceptors (Lipinski definition) is 6. The monoisotopic (exact) mass is 373 g/mol. The summed E-state index contributed by atoms with van der Waals surface area (Å²) in [5.74, 6) is 1.44. The van der Waals surface area contributed by atoms with E-state index < -0.39 is 9.84 Å². The molecule has 0 amide bonds. The standard InChI is InChI=1S/C16H17N5O2S.C2H6/c1-11-7-14(12-3-5-13(6-4-12)24(2,22)23)20-15(8-11)17-9-16-18-10-19-21-16;1-2/h3-8,10H,9H2,1-2H3,(H,17,20)(H,18,19,21);1-2H3. The molecule has 8 heteroatoms. The molecule has 0 fully saturated rings. The van der Waals surface area contributed by atoms with Gasteiger partial charge in [-0.3, -0.25) is 5.10 Å². The van der Waals surface area contributed by atoms with Crippen molar-refractivity contribution < 1.29 is 8.42 Å². The van der Waals surface area contributed by atoms with Crippen LogP contribution in [0, 0.1) is 6.92 Å². The highest BCUT2D eigenvalue weighted by molar-refractivity contribution is 7.90. The molecule has 0 radical (unpaired) electrons. The first-order valence-electron chi connectivity index (χ1n) is 8.29. The molecule has 3 rings (SSSR count). The third kappa shape index (κ3) is 5.13. The summed E-state index contributed by atoms with van der Waals surface area (Å²) in [7, 11) is -3.20. The molecule has 0 saturated carbocycles. The number of nitrogens with one attached hydrogen (secondary N) is 2. The summed E-state index contributed by atoms with van der Waals surface area (Å²) < 4.78 is 23.1. The number of rotatable bonds is 5. The highest BCUT2D eigenvalue weighted by Gasteiger charge is 2.08. The molecule has 7 nitrogen and oxygen atoms in total. The number of benzene rings is 1. The van der Waals surface area contributed by atoms with Crippen LogP contribution in [0.4, 0.5) is 5.82 Å². The number of nitrogens with zero attached hydrogens (tertiary/aromatic N) is 3. The average molecular weight is 373 g/mol. The fraction of sp³-hybridized carbons (Fsp3) is 0.278. The van der Waals surface area contributed by atoms with Crippen molar-refractivity contribution in [3.8, 4) is 11.3 Å². The van der Waals surface area contributed by atoms with E-state index in [-0.39, 0.29) is 0 Å². The molecule has 0 spiro atoms. The summed E-state index contributed by atoms with van der Waals surface area (Å²) >= 11 is 0. The largest absolute Gasteiger partial charge is 0.363 e. The SMILES string of the molecule is CC.Cc1cc(NCc2ncn[nH]2)nc(-c2ccc(S(C)(=O)=O)cc2)c1. The Balaban J connectivity index is 0.00000117. The van der Waals surface area contributed by atoms with E-state index in [0.717, 1.165) is 22.6 Å². The Hall–Kier alpha value is -2.74. The van der Waals surface area contributed by atoms with Crippen LogP contribution in [0.3, 0.4) is 0 Å². The molecule has 0 saturated heterocycles. The van der Waals surface area contributed by atoms with Crippen molar-refractivity contribution in [1.29, 1.82) is 0 Å². The zero-order chi connectivity index (χ0) is 19.2. The lowest BCUT2D eigenvalue weighted by molar-refractivity contribution is 0.602. The van der Waals surface area contributed by atoms with Crippen LogP contribution in [-0.2, 0) is 16.4 Å². The third-order valence-electron chi connectivity index (χ3n) is 3.45. The van der Waals surface area contributed by atoms with E-state index in [0.29, 0.717) is 17.3 Å². The number of anilines is 1. The highest BCUT2D eigenvalue weighted by atomic mass is 32.2. The molecule has 3 aromatic rings. The lowest BCUT2D eigenvalue weighted by Crippen LogP contribution is -2.04. The molecule has 0 bridgehead atoms. The van der Waals surface area contributed by atoms with Crippen molar-refractivity contribution in [1.82, 2.24) is 20.2 Å². The zero-order valence-electron chi connectivity index (χ0n) is 15.3. The van der Waals surface area contributed by atoms with Crippen LogP contribution in [0.2, 0.25) is 0 Å². The Labute approximate surface area is 153 Å². The predicted octanol–water partition coefficient (Wildman–Crippen LogP) is 3.22. The molecular weight excluding hydrogens is 350 g/mol. The van der Waals surface area contributed by atoms with Crippen LogP contribution in [0.25, 0.3) is 11.3 Å². The Morgan fingerprint density at radius 1 is 1.12 bits per heavy atom. The summed E-state index contributed by atoms with van der Waals surface area (Å²) in [6.07, 6.45) is 2.65. The summed E-state index contributed by atoms with van der Waals surface area (Å²) in [5.41, 5.74) is 2.68. The van der Waals surface area contributed by atoms with Crippen LogP contribution in [-0.4, -0.2) is 34.8 Å². The lowest BCUT2D eigenvalue weighted by Gasteiger charge is -2.09. The summed E-state index contributed by atoms with van der Waals surface area (Å²) in [6, 6.07) is 10.6. The van der Waals surface area contributed by atoms with Crippen molar-refractivity contribution in [3.05, 3.63) is 54.1 Å². The van der Waals surface area contributed by atoms with Crippen LogP contribution in [0.5, 0.6) is 0 Å². The third-order valence-corrected chi connectivity index (χ3v) is 4.58. The molecule has 2 heterocycles. The van der Waals surface area contributed by atoms with Gasteiger partial charge in [-0.1, -0.05) is 26.0 Å². The summed E-state index contributed by atoms with van der Waals surface area (Å²) in [6.45, 7) is 6.47. The first-order valence-corrected chi connectivity index (χ1v) is 10.2. The van der Waals surface area contributed by atoms with Gasteiger partial charge in [0, 0.05) is 11.8 Å². The van der Waals surface area contributed by atoms with Gasteiger partial charge in [-0.05, 0) is 36.8 Å². The van der Waals surface area contributed by atoms with Gasteiger partial charge < -0.3 is 5.32 Å². The minimum absolute atomic E-state index is 0.294. The maximum absolute atomic E-state index is 11.5. The highest BCUT2D eigenvalue weighted by Crippen LogP contribution is 2.23. The van der Waals surface area contributed by atoms with Gasteiger partial charge in [0.05, 0.1) is 17.1 Å². The van der Waals surface area contributed by atoms with Crippen LogP contribution < -0.4 is 5.32 Å². The molecule has 26 heavy (non-hydrogen) atoms. The summed E-state index contributed by atoms with van der Waals surface area (Å²) in [4.78, 5) is 8.92. The van der Waals surface area contributed by atoms with E-state index in [9.17, 15) is 8.42 Å². The number of aryl methyl sites for hydroxylation is 1. The molecule has 0 aliphatic heterocycles. The predicted molar refractivity (Wildman–Crippen MR) is 103 cm³/mol. The number of H-pyrrole nitrogens is 1. The van der Waals surface area contributed by atoms with Crippen molar-refractivity contribution in [2.75, 3.05) is 11.6 Å². The van der Waals surface area contributed by atoms with E-state index >= 15 is 0 Å². The fourth-order valence-corrected chi connectivity index (χ4v) is 2.90. The van der Waals surface area contributed by atoms with Crippen molar-refractivity contribution in [2.45, 2.75) is 32.2 Å². The van der Waals surface area contributed by atoms with E-state index in [2.05, 4.69) is 25.5 Å². The second kappa shape index (κ2) is 8.57. The number of hydrogen-bond donors (Lipinski definition) is 2. The van der Waals surface area contributed by atoms with Gasteiger partial charge in [0.15, 0.2) is 9.84 Å². The molecule has 2 N–H and O–H groups in total. The molecule has 0 atom stereocenters. The first kappa shape index (κ1) is 19.6. The number of pyridine rings is 1. The maximum Gasteiger partial charge on any atom is 0.175 e. The van der Waals surface area contributed by atoms with Gasteiger partial charge in [-0.15, -0.1) is 0 Å². The van der Waals surface area contributed by atoms with Crippen molar-refractivity contribution >= 4 is 15.7 Å². The molecule has 138 valence electrons. The average Bonchev–Trinajstić information content (AvgIpc) is 3.14. The van der Waals surface area contributed by atoms with E-state index in [1.807, 2.05) is 32.9 Å². The Morgan fingerprint density at radius 3 is 2.38 bits per heavy atom. The Morgan fingerprint density at radius 2 is 1.81 bits per heavy atom. The Bertz CT molecular complexity index is 936. The molecule has 2 aromatic heterocycles. The van der Waals surface area contributed by atoms with Gasteiger partial charge in [0.25, 0.3) is 0 Å². The molecule has 1 aromatic carbocycles. The zero-order valence-corrected chi connectivity index (χ0v) is 16.1.